The third kappa shape index (κ3) is 3.88. The molecular formula is C32H22Cl2N2O3. The van der Waals surface area contributed by atoms with Crippen LogP contribution in [0.15, 0.2) is 96.1 Å². The van der Waals surface area contributed by atoms with Crippen LogP contribution in [0.3, 0.4) is 0 Å². The number of ether oxygens (including phenoxy) is 1. The van der Waals surface area contributed by atoms with Gasteiger partial charge in [0.2, 0.25) is 0 Å². The van der Waals surface area contributed by atoms with Crippen LogP contribution in [0, 0.1) is 11.8 Å². The Balaban J connectivity index is 1.11. The van der Waals surface area contributed by atoms with E-state index in [9.17, 15) is 9.59 Å². The van der Waals surface area contributed by atoms with Crippen molar-refractivity contribution < 1.29 is 14.3 Å². The quantitative estimate of drug-likeness (QED) is 0.202. The minimum Gasteiger partial charge on any atom is -0.489 e. The normalized spacial score (nSPS) is 22.7. The number of hydrogen-bond donors (Lipinski definition) is 0. The van der Waals surface area contributed by atoms with Crippen LogP contribution in [0.2, 0.25) is 10.0 Å². The van der Waals surface area contributed by atoms with Crippen molar-refractivity contribution in [3.05, 3.63) is 134 Å². The van der Waals surface area contributed by atoms with Gasteiger partial charge in [-0.25, -0.2) is 0 Å². The average Bonchev–Trinajstić information content (AvgIpc) is 3.21. The number of halogens is 2. The molecule has 0 saturated carbocycles. The molecule has 192 valence electrons. The van der Waals surface area contributed by atoms with E-state index in [1.807, 2.05) is 54.6 Å². The van der Waals surface area contributed by atoms with Crippen LogP contribution < -0.4 is 4.74 Å². The van der Waals surface area contributed by atoms with Gasteiger partial charge in [-0.3, -0.25) is 9.59 Å². The topological polar surface area (TPSA) is 59.0 Å². The Morgan fingerprint density at radius 2 is 1.28 bits per heavy atom. The van der Waals surface area contributed by atoms with Crippen LogP contribution in [0.1, 0.15) is 45.2 Å². The first-order valence-electron chi connectivity index (χ1n) is 12.8. The SMILES string of the molecule is O=C1[C@@H]2C3c4ccccc4C(c4ccccc43)[C@@H]2C(=O)N1/N=C\c1ccc(OCc2ccc(Cl)cc2Cl)cc1. The fourth-order valence-electron chi connectivity index (χ4n) is 6.35. The van der Waals surface area contributed by atoms with Gasteiger partial charge in [-0.2, -0.15) is 10.1 Å². The maximum Gasteiger partial charge on any atom is 0.254 e. The number of hydrogen-bond acceptors (Lipinski definition) is 4. The van der Waals surface area contributed by atoms with Crippen molar-refractivity contribution in [2.75, 3.05) is 0 Å². The van der Waals surface area contributed by atoms with E-state index in [4.69, 9.17) is 27.9 Å². The summed E-state index contributed by atoms with van der Waals surface area (Å²) in [4.78, 5) is 27.3. The Morgan fingerprint density at radius 1 is 0.744 bits per heavy atom. The molecule has 3 aliphatic carbocycles. The Morgan fingerprint density at radius 3 is 1.79 bits per heavy atom. The highest BCUT2D eigenvalue weighted by Crippen LogP contribution is 2.60. The summed E-state index contributed by atoms with van der Waals surface area (Å²) in [6.07, 6.45) is 1.55. The van der Waals surface area contributed by atoms with Gasteiger partial charge >= 0.3 is 0 Å². The molecule has 2 amide bonds. The number of hydrazone groups is 1. The van der Waals surface area contributed by atoms with E-state index < -0.39 is 11.8 Å². The van der Waals surface area contributed by atoms with Crippen LogP contribution in [0.4, 0.5) is 0 Å². The zero-order valence-electron chi connectivity index (χ0n) is 20.6. The van der Waals surface area contributed by atoms with Crippen LogP contribution >= 0.6 is 23.2 Å². The Hall–Kier alpha value is -3.93. The number of imide groups is 1. The number of benzene rings is 4. The molecule has 1 heterocycles. The van der Waals surface area contributed by atoms with Gasteiger partial charge in [0, 0.05) is 27.4 Å². The van der Waals surface area contributed by atoms with E-state index in [0.717, 1.165) is 38.4 Å². The minimum atomic E-state index is -0.445. The van der Waals surface area contributed by atoms with Gasteiger partial charge < -0.3 is 4.74 Å². The molecule has 0 radical (unpaired) electrons. The summed E-state index contributed by atoms with van der Waals surface area (Å²) in [6, 6.07) is 28.9. The molecule has 1 fully saturated rings. The third-order valence-corrected chi connectivity index (χ3v) is 8.62. The smallest absolute Gasteiger partial charge is 0.254 e. The van der Waals surface area contributed by atoms with Crippen molar-refractivity contribution in [2.24, 2.45) is 16.9 Å². The molecule has 8 rings (SSSR count). The van der Waals surface area contributed by atoms with Crippen molar-refractivity contribution in [1.29, 1.82) is 0 Å². The summed E-state index contributed by atoms with van der Waals surface area (Å²) < 4.78 is 5.85. The summed E-state index contributed by atoms with van der Waals surface area (Å²) in [5, 5.41) is 6.59. The van der Waals surface area contributed by atoms with Crippen LogP contribution in [-0.2, 0) is 16.2 Å². The first-order valence-corrected chi connectivity index (χ1v) is 13.5. The van der Waals surface area contributed by atoms with Gasteiger partial charge in [0.25, 0.3) is 11.8 Å². The van der Waals surface area contributed by atoms with Crippen LogP contribution in [0.25, 0.3) is 0 Å². The van der Waals surface area contributed by atoms with Crippen molar-refractivity contribution in [2.45, 2.75) is 18.4 Å². The summed E-state index contributed by atoms with van der Waals surface area (Å²) in [7, 11) is 0. The predicted molar refractivity (Wildman–Crippen MR) is 150 cm³/mol. The molecule has 4 aromatic carbocycles. The molecule has 0 unspecified atom stereocenters. The third-order valence-electron chi connectivity index (χ3n) is 8.04. The molecule has 5 nitrogen and oxygen atoms in total. The standard InChI is InChI=1S/C32H22Cl2N2O3/c33-20-12-11-19(26(34)15-20)17-39-21-13-9-18(10-14-21)16-35-36-31(37)29-27-22-5-1-2-6-23(22)28(30(29)32(36)38)25-8-4-3-7-24(25)27/h1-16,27-30H,17H2/b35-16-/t27?,28?,29-,30+. The Bertz CT molecular complexity index is 1550. The molecule has 0 aromatic heterocycles. The summed E-state index contributed by atoms with van der Waals surface area (Å²) in [5.41, 5.74) is 6.15. The molecule has 1 saturated heterocycles. The van der Waals surface area contributed by atoms with Gasteiger partial charge in [-0.15, -0.1) is 0 Å². The van der Waals surface area contributed by atoms with E-state index in [1.165, 1.54) is 0 Å². The van der Waals surface area contributed by atoms with E-state index in [1.54, 1.807) is 18.3 Å². The number of amides is 2. The lowest BCUT2D eigenvalue weighted by atomic mass is 9.55. The zero-order valence-corrected chi connectivity index (χ0v) is 22.1. The fraction of sp³-hybridized carbons (Fsp3) is 0.156. The van der Waals surface area contributed by atoms with E-state index in [0.29, 0.717) is 22.4 Å². The molecule has 39 heavy (non-hydrogen) atoms. The highest BCUT2D eigenvalue weighted by atomic mass is 35.5. The molecule has 4 aromatic rings. The van der Waals surface area contributed by atoms with E-state index in [-0.39, 0.29) is 23.7 Å². The largest absolute Gasteiger partial charge is 0.489 e. The number of carbonyl (C=O) groups is 2. The summed E-state index contributed by atoms with van der Waals surface area (Å²) in [6.45, 7) is 0.302. The van der Waals surface area contributed by atoms with Gasteiger partial charge in [0.1, 0.15) is 12.4 Å². The van der Waals surface area contributed by atoms with Gasteiger partial charge in [-0.1, -0.05) is 77.8 Å². The second-order valence-electron chi connectivity index (χ2n) is 10.1. The molecule has 0 spiro atoms. The second kappa shape index (κ2) is 9.37. The number of carbonyl (C=O) groups excluding carboxylic acids is 2. The van der Waals surface area contributed by atoms with Crippen molar-refractivity contribution in [1.82, 2.24) is 5.01 Å². The van der Waals surface area contributed by atoms with Crippen LogP contribution in [0.5, 0.6) is 5.75 Å². The monoisotopic (exact) mass is 552 g/mol. The lowest BCUT2D eigenvalue weighted by molar-refractivity contribution is -0.139. The van der Waals surface area contributed by atoms with E-state index in [2.05, 4.69) is 29.4 Å². The predicted octanol–water partition coefficient (Wildman–Crippen LogP) is 6.80. The minimum absolute atomic E-state index is 0.144. The summed E-state index contributed by atoms with van der Waals surface area (Å²) >= 11 is 12.2. The Labute approximate surface area is 235 Å². The average molecular weight is 553 g/mol. The maximum atomic E-state index is 13.7. The first kappa shape index (κ1) is 24.1. The number of rotatable bonds is 5. The summed E-state index contributed by atoms with van der Waals surface area (Å²) in [5.74, 6) is -0.992. The van der Waals surface area contributed by atoms with E-state index >= 15 is 0 Å². The maximum absolute atomic E-state index is 13.7. The molecule has 0 N–H and O–H groups in total. The molecule has 2 atom stereocenters. The molecule has 2 bridgehead atoms. The highest BCUT2D eigenvalue weighted by molar-refractivity contribution is 6.35. The van der Waals surface area contributed by atoms with Crippen LogP contribution in [-0.4, -0.2) is 23.0 Å². The lowest BCUT2D eigenvalue weighted by Crippen LogP contribution is -2.41. The Kier molecular flexibility index (Phi) is 5.80. The first-order chi connectivity index (χ1) is 19.0. The van der Waals surface area contributed by atoms with Gasteiger partial charge in [0.15, 0.2) is 0 Å². The molecule has 1 aliphatic heterocycles. The second-order valence-corrected chi connectivity index (χ2v) is 10.9. The van der Waals surface area contributed by atoms with Crippen molar-refractivity contribution in [3.8, 4) is 5.75 Å². The molecular weight excluding hydrogens is 531 g/mol. The molecule has 4 aliphatic rings. The number of nitrogens with zero attached hydrogens (tertiary/aromatic N) is 2. The van der Waals surface area contributed by atoms with Crippen molar-refractivity contribution in [3.63, 3.8) is 0 Å². The molecule has 7 heteroatoms. The highest BCUT2D eigenvalue weighted by Gasteiger charge is 2.61. The fourth-order valence-corrected chi connectivity index (χ4v) is 6.81. The van der Waals surface area contributed by atoms with Crippen molar-refractivity contribution >= 4 is 41.2 Å². The van der Waals surface area contributed by atoms with Gasteiger partial charge in [-0.05, 0) is 64.2 Å². The lowest BCUT2D eigenvalue weighted by Gasteiger charge is -2.45. The zero-order chi connectivity index (χ0) is 26.7. The van der Waals surface area contributed by atoms with Gasteiger partial charge in [0.05, 0.1) is 18.1 Å².